The number of hydrogen-bond acceptors (Lipinski definition) is 2. The number of sulfonamides is 1. The molecule has 1 atom stereocenters. The van der Waals surface area contributed by atoms with Gasteiger partial charge in [0.1, 0.15) is 16.5 Å². The van der Waals surface area contributed by atoms with Crippen LogP contribution in [0.25, 0.3) is 0 Å². The summed E-state index contributed by atoms with van der Waals surface area (Å²) in [5.74, 6) is -1.93. The molecule has 0 bridgehead atoms. The SMILES string of the molecule is CCc1ccc(C(C)NS(=O)(=O)c2ccc(F)cc2F)cc1. The van der Waals surface area contributed by atoms with Gasteiger partial charge in [-0.1, -0.05) is 31.2 Å². The van der Waals surface area contributed by atoms with Crippen molar-refractivity contribution in [1.82, 2.24) is 4.72 Å². The molecule has 0 radical (unpaired) electrons. The fourth-order valence-corrected chi connectivity index (χ4v) is 3.39. The predicted octanol–water partition coefficient (Wildman–Crippen LogP) is 3.57. The molecule has 2 rings (SSSR count). The fourth-order valence-electron chi connectivity index (χ4n) is 2.10. The molecule has 0 saturated carbocycles. The minimum Gasteiger partial charge on any atom is -0.207 e. The normalized spacial score (nSPS) is 13.1. The van der Waals surface area contributed by atoms with E-state index in [2.05, 4.69) is 4.72 Å². The number of aryl methyl sites for hydroxylation is 1. The number of halogens is 2. The van der Waals surface area contributed by atoms with E-state index in [1.807, 2.05) is 31.2 Å². The summed E-state index contributed by atoms with van der Waals surface area (Å²) in [6, 6.07) is 9.34. The van der Waals surface area contributed by atoms with E-state index in [0.717, 1.165) is 29.7 Å². The Morgan fingerprint density at radius 3 is 2.27 bits per heavy atom. The summed E-state index contributed by atoms with van der Waals surface area (Å²) in [6.07, 6.45) is 0.890. The standard InChI is InChI=1S/C16H17F2NO2S/c1-3-12-4-6-13(7-5-12)11(2)19-22(20,21)16-9-8-14(17)10-15(16)18/h4-11,19H,3H2,1-2H3. The van der Waals surface area contributed by atoms with Gasteiger partial charge in [-0.2, -0.15) is 0 Å². The largest absolute Gasteiger partial charge is 0.244 e. The topological polar surface area (TPSA) is 46.2 Å². The lowest BCUT2D eigenvalue weighted by Gasteiger charge is -2.15. The van der Waals surface area contributed by atoms with Gasteiger partial charge >= 0.3 is 0 Å². The maximum atomic E-state index is 13.6. The zero-order chi connectivity index (χ0) is 16.3. The molecule has 0 fully saturated rings. The third kappa shape index (κ3) is 3.69. The fraction of sp³-hybridized carbons (Fsp3) is 0.250. The van der Waals surface area contributed by atoms with Gasteiger partial charge in [-0.3, -0.25) is 0 Å². The summed E-state index contributed by atoms with van der Waals surface area (Å²) in [5, 5.41) is 0. The summed E-state index contributed by atoms with van der Waals surface area (Å²) >= 11 is 0. The van der Waals surface area contributed by atoms with E-state index in [0.29, 0.717) is 6.07 Å². The van der Waals surface area contributed by atoms with Gasteiger partial charge in [0, 0.05) is 12.1 Å². The molecule has 0 aliphatic heterocycles. The Morgan fingerprint density at radius 2 is 1.73 bits per heavy atom. The van der Waals surface area contributed by atoms with Crippen molar-refractivity contribution in [2.75, 3.05) is 0 Å². The van der Waals surface area contributed by atoms with Crippen LogP contribution >= 0.6 is 0 Å². The molecule has 0 aromatic heterocycles. The van der Waals surface area contributed by atoms with Gasteiger partial charge in [0.2, 0.25) is 10.0 Å². The van der Waals surface area contributed by atoms with Crippen molar-refractivity contribution < 1.29 is 17.2 Å². The van der Waals surface area contributed by atoms with Crippen molar-refractivity contribution in [1.29, 1.82) is 0 Å². The zero-order valence-electron chi connectivity index (χ0n) is 12.3. The molecular weight excluding hydrogens is 308 g/mol. The lowest BCUT2D eigenvalue weighted by atomic mass is 10.1. The Bertz CT molecular complexity index is 758. The van der Waals surface area contributed by atoms with E-state index < -0.39 is 32.6 Å². The number of rotatable bonds is 5. The smallest absolute Gasteiger partial charge is 0.207 e. The molecular formula is C16H17F2NO2S. The van der Waals surface area contributed by atoms with Gasteiger partial charge in [0.15, 0.2) is 0 Å². The minimum absolute atomic E-state index is 0.527. The average Bonchev–Trinajstić information content (AvgIpc) is 2.46. The maximum absolute atomic E-state index is 13.6. The highest BCUT2D eigenvalue weighted by atomic mass is 32.2. The van der Waals surface area contributed by atoms with E-state index >= 15 is 0 Å². The van der Waals surface area contributed by atoms with E-state index in [-0.39, 0.29) is 0 Å². The summed E-state index contributed by atoms with van der Waals surface area (Å²) in [7, 11) is -4.06. The highest BCUT2D eigenvalue weighted by Gasteiger charge is 2.22. The van der Waals surface area contributed by atoms with Crippen LogP contribution in [0.5, 0.6) is 0 Å². The summed E-state index contributed by atoms with van der Waals surface area (Å²) in [6.45, 7) is 3.69. The molecule has 2 aromatic rings. The Balaban J connectivity index is 2.23. The van der Waals surface area contributed by atoms with Crippen molar-refractivity contribution in [3.05, 3.63) is 65.2 Å². The lowest BCUT2D eigenvalue weighted by molar-refractivity contribution is 0.536. The molecule has 1 unspecified atom stereocenters. The molecule has 2 aromatic carbocycles. The number of benzene rings is 2. The van der Waals surface area contributed by atoms with Gasteiger partial charge in [0.25, 0.3) is 0 Å². The molecule has 1 N–H and O–H groups in total. The van der Waals surface area contributed by atoms with Crippen molar-refractivity contribution in [2.45, 2.75) is 31.2 Å². The van der Waals surface area contributed by atoms with Crippen molar-refractivity contribution in [3.63, 3.8) is 0 Å². The van der Waals surface area contributed by atoms with Crippen LogP contribution in [0.2, 0.25) is 0 Å². The van der Waals surface area contributed by atoms with Crippen LogP contribution in [-0.2, 0) is 16.4 Å². The molecule has 0 spiro atoms. The van der Waals surface area contributed by atoms with Crippen LogP contribution in [0.1, 0.15) is 31.0 Å². The highest BCUT2D eigenvalue weighted by Crippen LogP contribution is 2.20. The van der Waals surface area contributed by atoms with Gasteiger partial charge in [-0.15, -0.1) is 0 Å². The first-order valence-corrected chi connectivity index (χ1v) is 8.38. The third-order valence-corrected chi connectivity index (χ3v) is 4.98. The maximum Gasteiger partial charge on any atom is 0.244 e. The van der Waals surface area contributed by atoms with Crippen LogP contribution in [0, 0.1) is 11.6 Å². The van der Waals surface area contributed by atoms with Crippen molar-refractivity contribution >= 4 is 10.0 Å². The quantitative estimate of drug-likeness (QED) is 0.913. The number of hydrogen-bond donors (Lipinski definition) is 1. The molecule has 0 saturated heterocycles. The van der Waals surface area contributed by atoms with E-state index in [1.165, 1.54) is 0 Å². The van der Waals surface area contributed by atoms with Crippen molar-refractivity contribution in [3.8, 4) is 0 Å². The monoisotopic (exact) mass is 325 g/mol. The van der Waals surface area contributed by atoms with E-state index in [4.69, 9.17) is 0 Å². The predicted molar refractivity (Wildman–Crippen MR) is 80.9 cm³/mol. The van der Waals surface area contributed by atoms with Gasteiger partial charge in [-0.25, -0.2) is 21.9 Å². The Morgan fingerprint density at radius 1 is 1.09 bits per heavy atom. The summed E-state index contributed by atoms with van der Waals surface area (Å²) in [4.78, 5) is -0.564. The molecule has 0 aliphatic carbocycles. The molecule has 22 heavy (non-hydrogen) atoms. The highest BCUT2D eigenvalue weighted by molar-refractivity contribution is 7.89. The van der Waals surface area contributed by atoms with Crippen LogP contribution in [0.3, 0.4) is 0 Å². The third-order valence-electron chi connectivity index (χ3n) is 3.40. The Hall–Kier alpha value is -1.79. The molecule has 3 nitrogen and oxygen atoms in total. The molecule has 0 heterocycles. The van der Waals surface area contributed by atoms with Crippen LogP contribution in [0.4, 0.5) is 8.78 Å². The van der Waals surface area contributed by atoms with Crippen LogP contribution in [0.15, 0.2) is 47.4 Å². The van der Waals surface area contributed by atoms with Gasteiger partial charge in [-0.05, 0) is 36.6 Å². The van der Waals surface area contributed by atoms with Gasteiger partial charge in [0.05, 0.1) is 0 Å². The second-order valence-electron chi connectivity index (χ2n) is 5.01. The first kappa shape index (κ1) is 16.6. The second-order valence-corrected chi connectivity index (χ2v) is 6.70. The molecule has 6 heteroatoms. The molecule has 118 valence electrons. The van der Waals surface area contributed by atoms with Crippen molar-refractivity contribution in [2.24, 2.45) is 0 Å². The van der Waals surface area contributed by atoms with Crippen LogP contribution < -0.4 is 4.72 Å². The van der Waals surface area contributed by atoms with Gasteiger partial charge < -0.3 is 0 Å². The first-order valence-electron chi connectivity index (χ1n) is 6.89. The average molecular weight is 325 g/mol. The lowest BCUT2D eigenvalue weighted by Crippen LogP contribution is -2.27. The van der Waals surface area contributed by atoms with E-state index in [1.54, 1.807) is 6.92 Å². The minimum atomic E-state index is -4.06. The Labute approximate surface area is 129 Å². The van der Waals surface area contributed by atoms with E-state index in [9.17, 15) is 17.2 Å². The Kier molecular flexibility index (Phi) is 4.93. The second kappa shape index (κ2) is 6.54. The molecule has 0 amide bonds. The summed E-state index contributed by atoms with van der Waals surface area (Å²) < 4.78 is 53.3. The zero-order valence-corrected chi connectivity index (χ0v) is 13.1. The van der Waals surface area contributed by atoms with Crippen LogP contribution in [-0.4, -0.2) is 8.42 Å². The first-order chi connectivity index (χ1) is 10.3. The number of nitrogens with one attached hydrogen (secondary N) is 1. The molecule has 0 aliphatic rings. The summed E-state index contributed by atoms with van der Waals surface area (Å²) in [5.41, 5.74) is 1.91.